The van der Waals surface area contributed by atoms with Crippen molar-refractivity contribution in [3.05, 3.63) is 0 Å². The van der Waals surface area contributed by atoms with E-state index in [1.165, 1.54) is 6.92 Å². The van der Waals surface area contributed by atoms with Crippen LogP contribution < -0.4 is 41.0 Å². The molecule has 0 amide bonds. The molecule has 0 saturated heterocycles. The maximum Gasteiger partial charge on any atom is 1.00 e. The van der Waals surface area contributed by atoms with E-state index >= 15 is 0 Å². The first-order chi connectivity index (χ1) is 4.39. The molecule has 0 rings (SSSR count). The van der Waals surface area contributed by atoms with Gasteiger partial charge in [0.15, 0.2) is 0 Å². The predicted octanol–water partition coefficient (Wildman–Crippen LogP) is -4.79. The van der Waals surface area contributed by atoms with Gasteiger partial charge in [0.2, 0.25) is 0 Å². The van der Waals surface area contributed by atoms with Crippen LogP contribution in [0.1, 0.15) is 6.92 Å². The van der Waals surface area contributed by atoms with Crippen LogP contribution in [0.3, 0.4) is 0 Å². The third kappa shape index (κ3) is 5.13. The Balaban J connectivity index is 0. The van der Waals surface area contributed by atoms with Crippen molar-refractivity contribution < 1.29 is 42.5 Å². The van der Waals surface area contributed by atoms with E-state index in [4.69, 9.17) is 11.5 Å². The van der Waals surface area contributed by atoms with Gasteiger partial charge in [0.25, 0.3) is 0 Å². The Labute approximate surface area is 88.6 Å². The predicted molar refractivity (Wildman–Crippen MR) is 36.2 cm³/mol. The van der Waals surface area contributed by atoms with Gasteiger partial charge in [-0.1, -0.05) is 0 Å². The van der Waals surface area contributed by atoms with Crippen LogP contribution >= 0.6 is 0 Å². The van der Waals surface area contributed by atoms with Crippen LogP contribution in [0.5, 0.6) is 0 Å². The molecule has 2 unspecified atom stereocenters. The fraction of sp³-hybridized carbons (Fsp3) is 1.00. The third-order valence-corrected chi connectivity index (χ3v) is 2.55. The summed E-state index contributed by atoms with van der Waals surface area (Å²) >= 11 is 0. The SMILES string of the molecule is CC(N)C(CN)S(=O)(=O)[O-].[Na+]. The van der Waals surface area contributed by atoms with Crippen molar-refractivity contribution in [2.75, 3.05) is 6.54 Å². The Hall–Kier alpha value is 0.830. The first-order valence-corrected chi connectivity index (χ1v) is 4.27. The summed E-state index contributed by atoms with van der Waals surface area (Å²) < 4.78 is 30.9. The maximum absolute atomic E-state index is 10.3. The summed E-state index contributed by atoms with van der Waals surface area (Å²) in [5, 5.41) is -1.16. The summed E-state index contributed by atoms with van der Waals surface area (Å²) in [7, 11) is -4.31. The van der Waals surface area contributed by atoms with Crippen molar-refractivity contribution in [3.63, 3.8) is 0 Å². The summed E-state index contributed by atoms with van der Waals surface area (Å²) in [6, 6.07) is -0.701. The molecule has 4 N–H and O–H groups in total. The van der Waals surface area contributed by atoms with Crippen molar-refractivity contribution in [3.8, 4) is 0 Å². The monoisotopic (exact) mass is 190 g/mol. The number of hydrogen-bond donors (Lipinski definition) is 2. The molecule has 0 spiro atoms. The van der Waals surface area contributed by atoms with Crippen LogP contribution in [-0.2, 0) is 10.1 Å². The van der Waals surface area contributed by atoms with Gasteiger partial charge in [-0.15, -0.1) is 0 Å². The average Bonchev–Trinajstić information content (AvgIpc) is 1.60. The van der Waals surface area contributed by atoms with Crippen LogP contribution in [-0.4, -0.2) is 30.8 Å². The molecule has 0 saturated carbocycles. The van der Waals surface area contributed by atoms with Crippen molar-refractivity contribution in [1.29, 1.82) is 0 Å². The molecule has 5 nitrogen and oxygen atoms in total. The fourth-order valence-corrected chi connectivity index (χ4v) is 1.36. The number of hydrogen-bond acceptors (Lipinski definition) is 5. The van der Waals surface area contributed by atoms with E-state index < -0.39 is 21.4 Å². The van der Waals surface area contributed by atoms with Crippen molar-refractivity contribution in [2.24, 2.45) is 11.5 Å². The first kappa shape index (κ1) is 14.4. The van der Waals surface area contributed by atoms with Gasteiger partial charge in [-0.05, 0) is 6.92 Å². The van der Waals surface area contributed by atoms with Gasteiger partial charge >= 0.3 is 29.6 Å². The smallest absolute Gasteiger partial charge is 0.748 e. The number of rotatable bonds is 3. The molecule has 0 fully saturated rings. The minimum atomic E-state index is -4.31. The minimum Gasteiger partial charge on any atom is -0.748 e. The van der Waals surface area contributed by atoms with Crippen LogP contribution in [0, 0.1) is 0 Å². The van der Waals surface area contributed by atoms with Gasteiger partial charge in [0.1, 0.15) is 10.1 Å². The second kappa shape index (κ2) is 5.47. The van der Waals surface area contributed by atoms with E-state index in [0.29, 0.717) is 0 Å². The van der Waals surface area contributed by atoms with Gasteiger partial charge in [-0.2, -0.15) is 0 Å². The molecule has 0 aliphatic carbocycles. The summed E-state index contributed by atoms with van der Waals surface area (Å²) in [4.78, 5) is 0. The Morgan fingerprint density at radius 3 is 1.91 bits per heavy atom. The maximum atomic E-state index is 10.3. The van der Waals surface area contributed by atoms with Crippen molar-refractivity contribution >= 4 is 10.1 Å². The Bertz CT molecular complexity index is 192. The van der Waals surface area contributed by atoms with E-state index in [1.807, 2.05) is 0 Å². The van der Waals surface area contributed by atoms with Gasteiger partial charge in [0.05, 0.1) is 5.25 Å². The number of nitrogens with two attached hydrogens (primary N) is 2. The standard InChI is InChI=1S/C4H12N2O3S.Na/c1-3(6)4(2-5)10(7,8)9;/h3-4H,2,5-6H2,1H3,(H,7,8,9);/q;+1/p-1. The normalized spacial score (nSPS) is 16.7. The second-order valence-corrected chi connectivity index (χ2v) is 3.72. The molecule has 0 heterocycles. The van der Waals surface area contributed by atoms with Gasteiger partial charge < -0.3 is 16.0 Å². The molecule has 0 aliphatic heterocycles. The van der Waals surface area contributed by atoms with Gasteiger partial charge in [-0.3, -0.25) is 0 Å². The van der Waals surface area contributed by atoms with Crippen LogP contribution in [0.25, 0.3) is 0 Å². The second-order valence-electron chi connectivity index (χ2n) is 2.13. The first-order valence-electron chi connectivity index (χ1n) is 2.80. The zero-order valence-corrected chi connectivity index (χ0v) is 9.47. The van der Waals surface area contributed by atoms with E-state index in [2.05, 4.69) is 0 Å². The molecule has 0 aromatic carbocycles. The van der Waals surface area contributed by atoms with Crippen LogP contribution in [0.2, 0.25) is 0 Å². The summed E-state index contributed by atoms with van der Waals surface area (Å²) in [6.45, 7) is 1.22. The van der Waals surface area contributed by atoms with Crippen LogP contribution in [0.4, 0.5) is 0 Å². The molecular weight excluding hydrogens is 179 g/mol. The van der Waals surface area contributed by atoms with E-state index in [0.717, 1.165) is 0 Å². The molecule has 0 aromatic rings. The Morgan fingerprint density at radius 1 is 1.55 bits per heavy atom. The van der Waals surface area contributed by atoms with Crippen LogP contribution in [0.15, 0.2) is 0 Å². The fourth-order valence-electron chi connectivity index (χ4n) is 0.595. The van der Waals surface area contributed by atoms with Crippen molar-refractivity contribution in [2.45, 2.75) is 18.2 Å². The molecule has 2 atom stereocenters. The topological polar surface area (TPSA) is 109 Å². The van der Waals surface area contributed by atoms with Gasteiger partial charge in [-0.25, -0.2) is 8.42 Å². The summed E-state index contributed by atoms with van der Waals surface area (Å²) in [5.74, 6) is 0. The molecule has 0 radical (unpaired) electrons. The zero-order chi connectivity index (χ0) is 8.36. The van der Waals surface area contributed by atoms with E-state index in [1.54, 1.807) is 0 Å². The largest absolute Gasteiger partial charge is 1.00 e. The van der Waals surface area contributed by atoms with Crippen molar-refractivity contribution in [1.82, 2.24) is 0 Å². The minimum absolute atomic E-state index is 0. The molecular formula is C4H11N2NaO3S. The molecule has 0 aliphatic rings. The molecule has 0 aromatic heterocycles. The average molecular weight is 190 g/mol. The molecule has 7 heteroatoms. The molecule has 11 heavy (non-hydrogen) atoms. The quantitative estimate of drug-likeness (QED) is 0.343. The zero-order valence-electron chi connectivity index (χ0n) is 6.65. The molecule has 0 bridgehead atoms. The van der Waals surface area contributed by atoms with E-state index in [-0.39, 0.29) is 36.1 Å². The Kier molecular flexibility index (Phi) is 7.14. The Morgan fingerprint density at radius 2 is 1.91 bits per heavy atom. The van der Waals surface area contributed by atoms with E-state index in [9.17, 15) is 13.0 Å². The summed E-state index contributed by atoms with van der Waals surface area (Å²) in [5.41, 5.74) is 10.2. The third-order valence-electron chi connectivity index (χ3n) is 1.19. The summed E-state index contributed by atoms with van der Waals surface area (Å²) in [6.07, 6.45) is 0. The van der Waals surface area contributed by atoms with Gasteiger partial charge in [0, 0.05) is 12.6 Å². The molecule has 62 valence electrons.